The van der Waals surface area contributed by atoms with E-state index in [-0.39, 0.29) is 0 Å². The number of fused-ring (bicyclic) bond motifs is 10. The third kappa shape index (κ3) is 5.47. The van der Waals surface area contributed by atoms with Crippen molar-refractivity contribution in [2.45, 2.75) is 6.04 Å². The van der Waals surface area contributed by atoms with Crippen LogP contribution in [0, 0.1) is 0 Å². The second-order valence-electron chi connectivity index (χ2n) is 15.1. The Kier molecular flexibility index (Phi) is 8.02. The molecule has 0 spiro atoms. The zero-order valence-corrected chi connectivity index (χ0v) is 32.3. The first-order chi connectivity index (χ1) is 29.1. The lowest BCUT2D eigenvalue weighted by atomic mass is 9.87. The molecule has 0 fully saturated rings. The van der Waals surface area contributed by atoms with Gasteiger partial charge in [-0.25, -0.2) is 0 Å². The zero-order chi connectivity index (χ0) is 39.6. The molecule has 1 unspecified atom stereocenters. The minimum Gasteiger partial charge on any atom is -0.456 e. The maximum atomic E-state index is 6.46. The van der Waals surface area contributed by atoms with Crippen molar-refractivity contribution in [2.75, 3.05) is 0 Å². The highest BCUT2D eigenvalue weighted by Crippen LogP contribution is 2.44. The van der Waals surface area contributed by atoms with Crippen LogP contribution in [0.4, 0.5) is 0 Å². The van der Waals surface area contributed by atoms with E-state index in [0.29, 0.717) is 0 Å². The van der Waals surface area contributed by atoms with Gasteiger partial charge in [0.25, 0.3) is 0 Å². The number of nitrogens with zero attached hydrogens (tertiary/aromatic N) is 1. The van der Waals surface area contributed by atoms with E-state index in [4.69, 9.17) is 27.0 Å². The number of hydrogen-bond donors (Lipinski definition) is 0. The molecule has 0 amide bonds. The molecule has 0 saturated carbocycles. The number of aliphatic imine (C=N–C) groups is 1. The summed E-state index contributed by atoms with van der Waals surface area (Å²) in [6.45, 7) is 13.8. The van der Waals surface area contributed by atoms with Crippen LogP contribution in [0.1, 0.15) is 22.7 Å². The molecular formula is C56H37NO2. The highest BCUT2D eigenvalue weighted by atomic mass is 16.3. The fraction of sp³-hybridized carbons (Fsp3) is 0.0179. The summed E-state index contributed by atoms with van der Waals surface area (Å²) in [5, 5.41) is 11.0. The first kappa shape index (κ1) is 34.5. The molecule has 11 rings (SSSR count). The highest BCUT2D eigenvalue weighted by Gasteiger charge is 2.24. The van der Waals surface area contributed by atoms with Crippen molar-refractivity contribution in [2.24, 2.45) is 4.99 Å². The Hall–Kier alpha value is -7.75. The normalized spacial score (nSPS) is 12.6. The third-order valence-corrected chi connectivity index (χ3v) is 11.9. The molecule has 11 aromatic rings. The molecule has 2 aromatic heterocycles. The van der Waals surface area contributed by atoms with E-state index in [9.17, 15) is 0 Å². The lowest BCUT2D eigenvalue weighted by Gasteiger charge is -2.22. The smallest absolute Gasteiger partial charge is 0.143 e. The molecule has 0 aliphatic carbocycles. The molecule has 0 aliphatic rings. The summed E-state index contributed by atoms with van der Waals surface area (Å²) in [7, 11) is 0. The van der Waals surface area contributed by atoms with Gasteiger partial charge in [-0.2, -0.15) is 0 Å². The Morgan fingerprint density at radius 3 is 1.88 bits per heavy atom. The van der Waals surface area contributed by atoms with Crippen LogP contribution >= 0.6 is 0 Å². The molecular weight excluding hydrogens is 719 g/mol. The average molecular weight is 756 g/mol. The van der Waals surface area contributed by atoms with Crippen molar-refractivity contribution in [3.63, 3.8) is 0 Å². The molecule has 3 nitrogen and oxygen atoms in total. The molecule has 278 valence electrons. The maximum absolute atomic E-state index is 6.46. The number of hydrogen-bond acceptors (Lipinski definition) is 3. The molecule has 0 N–H and O–H groups in total. The van der Waals surface area contributed by atoms with Crippen LogP contribution in [0.15, 0.2) is 221 Å². The van der Waals surface area contributed by atoms with Gasteiger partial charge >= 0.3 is 0 Å². The van der Waals surface area contributed by atoms with Crippen LogP contribution in [0.5, 0.6) is 0 Å². The molecule has 0 saturated heterocycles. The van der Waals surface area contributed by atoms with Crippen molar-refractivity contribution in [3.05, 3.63) is 224 Å². The van der Waals surface area contributed by atoms with Gasteiger partial charge in [-0.05, 0) is 90.7 Å². The third-order valence-electron chi connectivity index (χ3n) is 11.9. The molecule has 0 radical (unpaired) electrons. The summed E-state index contributed by atoms with van der Waals surface area (Å²) >= 11 is 0. The molecule has 9 aromatic carbocycles. The standard InChI is InChI=1S/C56H37NO2/c1-4-50(43-28-15-25-39-40(43)26-14-27-41(39)48-33-49-44-21-9-11-30-51(44)59-56(49)46-22-8-7-20-42(46)48)57-55(45-29-13-18-36-17-5-6-19-38(36)45)35(3)34(2)37-24-16-32-53-54(37)47-23-10-12-31-52(47)58-53/h4-33,55H,1-3H2. The maximum Gasteiger partial charge on any atom is 0.143 e. The Balaban J connectivity index is 1.10. The molecule has 0 bridgehead atoms. The summed E-state index contributed by atoms with van der Waals surface area (Å²) in [5.74, 6) is 0. The van der Waals surface area contributed by atoms with Gasteiger partial charge in [0.1, 0.15) is 28.4 Å². The van der Waals surface area contributed by atoms with E-state index >= 15 is 0 Å². The van der Waals surface area contributed by atoms with Gasteiger partial charge in [-0.15, -0.1) is 0 Å². The van der Waals surface area contributed by atoms with E-state index < -0.39 is 6.04 Å². The van der Waals surface area contributed by atoms with Gasteiger partial charge in [0.2, 0.25) is 0 Å². The number of para-hydroxylation sites is 2. The van der Waals surface area contributed by atoms with E-state index in [1.807, 2.05) is 48.5 Å². The second-order valence-corrected chi connectivity index (χ2v) is 15.1. The van der Waals surface area contributed by atoms with E-state index in [1.54, 1.807) is 0 Å². The highest BCUT2D eigenvalue weighted by molar-refractivity contribution is 6.23. The van der Waals surface area contributed by atoms with Crippen LogP contribution in [-0.2, 0) is 0 Å². The monoisotopic (exact) mass is 755 g/mol. The topological polar surface area (TPSA) is 38.6 Å². The van der Waals surface area contributed by atoms with Gasteiger partial charge in [0, 0.05) is 32.5 Å². The quantitative estimate of drug-likeness (QED) is 0.114. The lowest BCUT2D eigenvalue weighted by Crippen LogP contribution is -2.07. The van der Waals surface area contributed by atoms with Crippen molar-refractivity contribution >= 4 is 87.5 Å². The van der Waals surface area contributed by atoms with Crippen LogP contribution in [-0.4, -0.2) is 5.71 Å². The summed E-state index contributed by atoms with van der Waals surface area (Å²) in [4.78, 5) is 5.63. The predicted octanol–water partition coefficient (Wildman–Crippen LogP) is 15.6. The number of allylic oxidation sites excluding steroid dienone is 1. The molecule has 2 heterocycles. The molecule has 59 heavy (non-hydrogen) atoms. The minimum atomic E-state index is -0.478. The van der Waals surface area contributed by atoms with Gasteiger partial charge in [0.05, 0.1) is 5.71 Å². The van der Waals surface area contributed by atoms with Crippen molar-refractivity contribution in [1.82, 2.24) is 0 Å². The Labute approximate surface area is 341 Å². The van der Waals surface area contributed by atoms with Gasteiger partial charge in [0.15, 0.2) is 0 Å². The summed E-state index contributed by atoms with van der Waals surface area (Å²) in [6, 6.07) is 60.8. The number of benzene rings is 9. The first-order valence-corrected chi connectivity index (χ1v) is 19.9. The SMILES string of the molecule is C=CC(=NC(C(=C)C(=C)c1cccc2oc3ccccc3c12)c1cccc2ccccc12)c1cccc2c(-c3cc4c5ccccc5oc4c4ccccc34)cccc12. The van der Waals surface area contributed by atoms with Crippen molar-refractivity contribution in [1.29, 1.82) is 0 Å². The summed E-state index contributed by atoms with van der Waals surface area (Å²) in [5.41, 5.74) is 11.1. The fourth-order valence-corrected chi connectivity index (χ4v) is 9.10. The zero-order valence-electron chi connectivity index (χ0n) is 32.3. The van der Waals surface area contributed by atoms with Crippen LogP contribution in [0.2, 0.25) is 0 Å². The van der Waals surface area contributed by atoms with E-state index in [0.717, 1.165) is 121 Å². The van der Waals surface area contributed by atoms with Crippen molar-refractivity contribution in [3.8, 4) is 11.1 Å². The number of furan rings is 2. The summed E-state index contributed by atoms with van der Waals surface area (Å²) < 4.78 is 12.8. The number of rotatable bonds is 8. The molecule has 3 heteroatoms. The average Bonchev–Trinajstić information content (AvgIpc) is 3.87. The van der Waals surface area contributed by atoms with Crippen LogP contribution < -0.4 is 0 Å². The lowest BCUT2D eigenvalue weighted by molar-refractivity contribution is 0.669. The molecule has 1 atom stereocenters. The Bertz CT molecular complexity index is 3570. The Morgan fingerprint density at radius 1 is 0.475 bits per heavy atom. The van der Waals surface area contributed by atoms with Gasteiger partial charge in [-0.1, -0.05) is 171 Å². The summed E-state index contributed by atoms with van der Waals surface area (Å²) in [6.07, 6.45) is 1.87. The second kappa shape index (κ2) is 13.7. The van der Waals surface area contributed by atoms with Crippen LogP contribution in [0.3, 0.4) is 0 Å². The van der Waals surface area contributed by atoms with Crippen LogP contribution in [0.25, 0.3) is 92.9 Å². The minimum absolute atomic E-state index is 0.478. The Morgan fingerprint density at radius 2 is 1.05 bits per heavy atom. The van der Waals surface area contributed by atoms with Gasteiger partial charge < -0.3 is 8.83 Å². The predicted molar refractivity (Wildman–Crippen MR) is 249 cm³/mol. The largest absolute Gasteiger partial charge is 0.456 e. The molecule has 0 aliphatic heterocycles. The van der Waals surface area contributed by atoms with E-state index in [1.165, 1.54) is 0 Å². The van der Waals surface area contributed by atoms with Crippen molar-refractivity contribution < 1.29 is 8.83 Å². The first-order valence-electron chi connectivity index (χ1n) is 19.9. The van der Waals surface area contributed by atoms with E-state index in [2.05, 4.69) is 140 Å². The van der Waals surface area contributed by atoms with Gasteiger partial charge in [-0.3, -0.25) is 4.99 Å². The fourth-order valence-electron chi connectivity index (χ4n) is 9.10.